The van der Waals surface area contributed by atoms with Gasteiger partial charge in [0.25, 0.3) is 0 Å². The van der Waals surface area contributed by atoms with Crippen LogP contribution in [0, 0.1) is 20.8 Å². The zero-order valence-electron chi connectivity index (χ0n) is 10.3. The van der Waals surface area contributed by atoms with Crippen LogP contribution in [0.15, 0.2) is 36.7 Å². The van der Waals surface area contributed by atoms with Crippen LogP contribution < -0.4 is 0 Å². The molecule has 0 aliphatic carbocycles. The lowest BCUT2D eigenvalue weighted by atomic mass is 9.95. The molecular weight excluding hydrogens is 210 g/mol. The Bertz CT molecular complexity index is 573. The molecule has 0 aliphatic heterocycles. The Balaban J connectivity index is 2.52. The molecule has 17 heavy (non-hydrogen) atoms. The van der Waals surface area contributed by atoms with Gasteiger partial charge in [-0.2, -0.15) is 0 Å². The Morgan fingerprint density at radius 3 is 2.47 bits per heavy atom. The van der Waals surface area contributed by atoms with E-state index in [4.69, 9.17) is 0 Å². The van der Waals surface area contributed by atoms with Crippen LogP contribution in [-0.4, -0.2) is 10.8 Å². The first-order valence-electron chi connectivity index (χ1n) is 5.63. The van der Waals surface area contributed by atoms with Crippen LogP contribution in [0.1, 0.15) is 32.6 Å². The Hall–Kier alpha value is -1.96. The van der Waals surface area contributed by atoms with E-state index in [1.165, 1.54) is 0 Å². The molecule has 0 atom stereocenters. The van der Waals surface area contributed by atoms with E-state index in [-0.39, 0.29) is 5.78 Å². The molecule has 2 nitrogen and oxygen atoms in total. The topological polar surface area (TPSA) is 30.0 Å². The molecule has 2 rings (SSSR count). The van der Waals surface area contributed by atoms with E-state index in [9.17, 15) is 4.79 Å². The monoisotopic (exact) mass is 225 g/mol. The molecule has 0 N–H and O–H groups in total. The number of aromatic nitrogens is 1. The van der Waals surface area contributed by atoms with Gasteiger partial charge < -0.3 is 0 Å². The highest BCUT2D eigenvalue weighted by Crippen LogP contribution is 2.18. The first-order chi connectivity index (χ1) is 8.11. The first kappa shape index (κ1) is 11.5. The third kappa shape index (κ3) is 2.11. The van der Waals surface area contributed by atoms with Gasteiger partial charge in [-0.15, -0.1) is 0 Å². The van der Waals surface area contributed by atoms with Gasteiger partial charge in [-0.1, -0.05) is 18.2 Å². The van der Waals surface area contributed by atoms with Gasteiger partial charge in [0.2, 0.25) is 0 Å². The quantitative estimate of drug-likeness (QED) is 0.734. The Kier molecular flexibility index (Phi) is 3.05. The van der Waals surface area contributed by atoms with Gasteiger partial charge in [-0.05, 0) is 43.5 Å². The molecule has 1 aromatic heterocycles. The van der Waals surface area contributed by atoms with Gasteiger partial charge in [0.1, 0.15) is 0 Å². The zero-order chi connectivity index (χ0) is 12.4. The Morgan fingerprint density at radius 2 is 1.76 bits per heavy atom. The van der Waals surface area contributed by atoms with Crippen LogP contribution in [-0.2, 0) is 0 Å². The molecule has 0 unspecified atom stereocenters. The summed E-state index contributed by atoms with van der Waals surface area (Å²) in [6.07, 6.45) is 3.34. The second-order valence-corrected chi connectivity index (χ2v) is 4.27. The largest absolute Gasteiger partial charge is 0.289 e. The Labute approximate surface area is 101 Å². The number of hydrogen-bond acceptors (Lipinski definition) is 2. The summed E-state index contributed by atoms with van der Waals surface area (Å²) in [6.45, 7) is 5.93. The number of ketones is 1. The minimum absolute atomic E-state index is 0.0526. The molecule has 1 heterocycles. The molecule has 1 aromatic carbocycles. The number of hydrogen-bond donors (Lipinski definition) is 0. The van der Waals surface area contributed by atoms with Gasteiger partial charge in [-0.25, -0.2) is 0 Å². The number of carbonyl (C=O) groups excluding carboxylic acids is 1. The summed E-state index contributed by atoms with van der Waals surface area (Å²) in [4.78, 5) is 16.4. The van der Waals surface area contributed by atoms with Crippen LogP contribution in [0.5, 0.6) is 0 Å². The number of rotatable bonds is 2. The van der Waals surface area contributed by atoms with Crippen LogP contribution in [0.25, 0.3) is 0 Å². The van der Waals surface area contributed by atoms with Crippen molar-refractivity contribution >= 4 is 5.78 Å². The second-order valence-electron chi connectivity index (χ2n) is 4.27. The van der Waals surface area contributed by atoms with Gasteiger partial charge in [-0.3, -0.25) is 9.78 Å². The maximum atomic E-state index is 12.4. The highest BCUT2D eigenvalue weighted by Gasteiger charge is 2.14. The van der Waals surface area contributed by atoms with Crippen molar-refractivity contribution in [3.8, 4) is 0 Å². The average Bonchev–Trinajstić information content (AvgIpc) is 2.32. The molecule has 0 aliphatic rings. The van der Waals surface area contributed by atoms with Crippen LogP contribution in [0.2, 0.25) is 0 Å². The summed E-state index contributed by atoms with van der Waals surface area (Å²) in [5, 5.41) is 0. The third-order valence-corrected chi connectivity index (χ3v) is 3.13. The summed E-state index contributed by atoms with van der Waals surface area (Å²) in [7, 11) is 0. The maximum Gasteiger partial charge on any atom is 0.195 e. The molecule has 0 saturated carbocycles. The van der Waals surface area contributed by atoms with Gasteiger partial charge in [0.15, 0.2) is 5.78 Å². The van der Waals surface area contributed by atoms with Crippen molar-refractivity contribution in [3.05, 3.63) is 64.5 Å². The van der Waals surface area contributed by atoms with Crippen molar-refractivity contribution in [2.24, 2.45) is 0 Å². The number of benzene rings is 1. The lowest BCUT2D eigenvalue weighted by Crippen LogP contribution is -2.07. The molecule has 0 radical (unpaired) electrons. The van der Waals surface area contributed by atoms with Crippen LogP contribution in [0.4, 0.5) is 0 Å². The van der Waals surface area contributed by atoms with Crippen molar-refractivity contribution in [1.82, 2.24) is 4.98 Å². The highest BCUT2D eigenvalue weighted by molar-refractivity contribution is 6.10. The van der Waals surface area contributed by atoms with Crippen molar-refractivity contribution in [3.63, 3.8) is 0 Å². The molecule has 2 aromatic rings. The van der Waals surface area contributed by atoms with Crippen LogP contribution >= 0.6 is 0 Å². The average molecular weight is 225 g/mol. The molecule has 0 saturated heterocycles. The number of aryl methyl sites for hydroxylation is 2. The number of nitrogens with zero attached hydrogens (tertiary/aromatic N) is 1. The van der Waals surface area contributed by atoms with Crippen molar-refractivity contribution in [1.29, 1.82) is 0 Å². The van der Waals surface area contributed by atoms with Crippen LogP contribution in [0.3, 0.4) is 0 Å². The fraction of sp³-hybridized carbons (Fsp3) is 0.200. The molecular formula is C15H15NO. The van der Waals surface area contributed by atoms with E-state index in [1.807, 2.05) is 45.0 Å². The van der Waals surface area contributed by atoms with Gasteiger partial charge >= 0.3 is 0 Å². The minimum Gasteiger partial charge on any atom is -0.289 e. The standard InChI is InChI=1S/C15H15NO/c1-10-5-4-6-13(12(10)3)15(17)14-9-16-8-7-11(14)2/h4-9H,1-3H3. The molecule has 0 fully saturated rings. The summed E-state index contributed by atoms with van der Waals surface area (Å²) < 4.78 is 0. The lowest BCUT2D eigenvalue weighted by Gasteiger charge is -2.08. The summed E-state index contributed by atoms with van der Waals surface area (Å²) >= 11 is 0. The van der Waals surface area contributed by atoms with Crippen molar-refractivity contribution in [2.75, 3.05) is 0 Å². The molecule has 0 amide bonds. The van der Waals surface area contributed by atoms with E-state index in [2.05, 4.69) is 4.98 Å². The van der Waals surface area contributed by atoms with E-state index in [0.717, 1.165) is 22.3 Å². The second kappa shape index (κ2) is 4.50. The Morgan fingerprint density at radius 1 is 1.00 bits per heavy atom. The predicted molar refractivity (Wildman–Crippen MR) is 68.3 cm³/mol. The van der Waals surface area contributed by atoms with Crippen molar-refractivity contribution in [2.45, 2.75) is 20.8 Å². The maximum absolute atomic E-state index is 12.4. The van der Waals surface area contributed by atoms with E-state index < -0.39 is 0 Å². The number of carbonyl (C=O) groups is 1. The smallest absolute Gasteiger partial charge is 0.195 e. The van der Waals surface area contributed by atoms with E-state index in [1.54, 1.807) is 12.4 Å². The molecule has 0 bridgehead atoms. The van der Waals surface area contributed by atoms with Gasteiger partial charge in [0, 0.05) is 23.5 Å². The summed E-state index contributed by atoms with van der Waals surface area (Å²) in [5.41, 5.74) is 4.59. The predicted octanol–water partition coefficient (Wildman–Crippen LogP) is 3.24. The molecule has 0 spiro atoms. The highest BCUT2D eigenvalue weighted by atomic mass is 16.1. The first-order valence-corrected chi connectivity index (χ1v) is 5.63. The molecule has 86 valence electrons. The molecule has 2 heteroatoms. The number of pyridine rings is 1. The lowest BCUT2D eigenvalue weighted by molar-refractivity contribution is 0.103. The SMILES string of the molecule is Cc1ccncc1C(=O)c1cccc(C)c1C. The minimum atomic E-state index is 0.0526. The normalized spacial score (nSPS) is 10.3. The van der Waals surface area contributed by atoms with Gasteiger partial charge in [0.05, 0.1) is 0 Å². The fourth-order valence-electron chi connectivity index (χ4n) is 1.84. The van der Waals surface area contributed by atoms with Crippen molar-refractivity contribution < 1.29 is 4.79 Å². The van der Waals surface area contributed by atoms with E-state index in [0.29, 0.717) is 5.56 Å². The summed E-state index contributed by atoms with van der Waals surface area (Å²) in [5.74, 6) is 0.0526. The zero-order valence-corrected chi connectivity index (χ0v) is 10.3. The third-order valence-electron chi connectivity index (χ3n) is 3.13. The summed E-state index contributed by atoms with van der Waals surface area (Å²) in [6, 6.07) is 7.67. The van der Waals surface area contributed by atoms with E-state index >= 15 is 0 Å². The fourth-order valence-corrected chi connectivity index (χ4v) is 1.84.